The molecule has 0 radical (unpaired) electrons. The predicted molar refractivity (Wildman–Crippen MR) is 92.4 cm³/mol. The number of amides is 2. The van der Waals surface area contributed by atoms with E-state index in [1.165, 1.54) is 25.7 Å². The maximum Gasteiger partial charge on any atom is 0.219 e. The van der Waals surface area contributed by atoms with E-state index in [1.54, 1.807) is 0 Å². The Bertz CT molecular complexity index is 303. The molecule has 0 aromatic rings. The van der Waals surface area contributed by atoms with Crippen LogP contribution in [0.3, 0.4) is 0 Å². The number of rotatable bonds is 16. The fourth-order valence-corrected chi connectivity index (χ4v) is 2.38. The average Bonchev–Trinajstić information content (AvgIpc) is 2.48. The molecule has 0 spiro atoms. The van der Waals surface area contributed by atoms with E-state index in [1.807, 2.05) is 6.08 Å². The zero-order valence-electron chi connectivity index (χ0n) is 14.1. The standard InChI is InChI=1S/C18H34N2O2/c1-2-3-4-13-16-20-18(22)15-12-10-8-6-5-7-9-11-14-17(19)21/h2H,1,3-16H2,(H2,19,21)(H,20,22). The highest BCUT2D eigenvalue weighted by atomic mass is 16.1. The van der Waals surface area contributed by atoms with Crippen molar-refractivity contribution in [3.63, 3.8) is 0 Å². The summed E-state index contributed by atoms with van der Waals surface area (Å²) in [5, 5.41) is 2.96. The Morgan fingerprint density at radius 2 is 1.36 bits per heavy atom. The minimum Gasteiger partial charge on any atom is -0.370 e. The van der Waals surface area contributed by atoms with Crippen molar-refractivity contribution in [1.29, 1.82) is 0 Å². The zero-order chi connectivity index (χ0) is 16.5. The molecule has 0 aromatic heterocycles. The first-order valence-corrected chi connectivity index (χ1v) is 8.82. The van der Waals surface area contributed by atoms with E-state index in [0.29, 0.717) is 12.8 Å². The van der Waals surface area contributed by atoms with Gasteiger partial charge in [0.15, 0.2) is 0 Å². The molecule has 0 heterocycles. The van der Waals surface area contributed by atoms with Crippen LogP contribution in [0.1, 0.15) is 83.5 Å². The van der Waals surface area contributed by atoms with Gasteiger partial charge in [-0.3, -0.25) is 9.59 Å². The van der Waals surface area contributed by atoms with Gasteiger partial charge in [-0.15, -0.1) is 6.58 Å². The molecule has 0 aromatic carbocycles. The molecule has 0 saturated carbocycles. The van der Waals surface area contributed by atoms with Gasteiger partial charge in [0.05, 0.1) is 0 Å². The molecule has 128 valence electrons. The summed E-state index contributed by atoms with van der Waals surface area (Å²) in [4.78, 5) is 22.1. The third-order valence-corrected chi connectivity index (χ3v) is 3.73. The highest BCUT2D eigenvalue weighted by molar-refractivity contribution is 5.75. The lowest BCUT2D eigenvalue weighted by molar-refractivity contribution is -0.121. The topological polar surface area (TPSA) is 72.2 Å². The lowest BCUT2D eigenvalue weighted by Gasteiger charge is -2.05. The van der Waals surface area contributed by atoms with Gasteiger partial charge in [-0.25, -0.2) is 0 Å². The smallest absolute Gasteiger partial charge is 0.219 e. The Morgan fingerprint density at radius 3 is 1.91 bits per heavy atom. The molecule has 0 unspecified atom stereocenters. The summed E-state index contributed by atoms with van der Waals surface area (Å²) >= 11 is 0. The van der Waals surface area contributed by atoms with Crippen molar-refractivity contribution < 1.29 is 9.59 Å². The summed E-state index contributed by atoms with van der Waals surface area (Å²) in [6.07, 6.45) is 15.2. The largest absolute Gasteiger partial charge is 0.370 e. The number of hydrogen-bond donors (Lipinski definition) is 2. The van der Waals surface area contributed by atoms with E-state index in [9.17, 15) is 9.59 Å². The third-order valence-electron chi connectivity index (χ3n) is 3.73. The lowest BCUT2D eigenvalue weighted by atomic mass is 10.1. The number of allylic oxidation sites excluding steroid dienone is 1. The third kappa shape index (κ3) is 16.7. The number of unbranched alkanes of at least 4 members (excludes halogenated alkanes) is 9. The molecule has 0 aliphatic heterocycles. The average molecular weight is 310 g/mol. The van der Waals surface area contributed by atoms with Crippen LogP contribution >= 0.6 is 0 Å². The van der Waals surface area contributed by atoms with E-state index in [2.05, 4.69) is 11.9 Å². The number of carbonyl (C=O) groups excluding carboxylic acids is 2. The van der Waals surface area contributed by atoms with Crippen molar-refractivity contribution in [2.75, 3.05) is 6.54 Å². The summed E-state index contributed by atoms with van der Waals surface area (Å²) < 4.78 is 0. The molecule has 0 saturated heterocycles. The summed E-state index contributed by atoms with van der Waals surface area (Å²) in [5.41, 5.74) is 5.09. The first kappa shape index (κ1) is 20.7. The first-order chi connectivity index (χ1) is 10.7. The Morgan fingerprint density at radius 1 is 0.818 bits per heavy atom. The fourth-order valence-electron chi connectivity index (χ4n) is 2.38. The molecular formula is C18H34N2O2. The second kappa shape index (κ2) is 16.1. The van der Waals surface area contributed by atoms with Crippen LogP contribution in [0.2, 0.25) is 0 Å². The van der Waals surface area contributed by atoms with Crippen LogP contribution in [0.5, 0.6) is 0 Å². The summed E-state index contributed by atoms with van der Waals surface area (Å²) in [6, 6.07) is 0. The Hall–Kier alpha value is -1.32. The van der Waals surface area contributed by atoms with Gasteiger partial charge >= 0.3 is 0 Å². The molecule has 0 bridgehead atoms. The molecule has 22 heavy (non-hydrogen) atoms. The molecule has 0 aliphatic rings. The first-order valence-electron chi connectivity index (χ1n) is 8.82. The van der Waals surface area contributed by atoms with Crippen LogP contribution < -0.4 is 11.1 Å². The van der Waals surface area contributed by atoms with Gasteiger partial charge in [0, 0.05) is 19.4 Å². The van der Waals surface area contributed by atoms with Gasteiger partial charge in [-0.2, -0.15) is 0 Å². The molecule has 0 rings (SSSR count). The monoisotopic (exact) mass is 310 g/mol. The summed E-state index contributed by atoms with van der Waals surface area (Å²) in [6.45, 7) is 4.47. The Balaban J connectivity index is 3.16. The maximum absolute atomic E-state index is 11.6. The summed E-state index contributed by atoms with van der Waals surface area (Å²) in [5.74, 6) is -0.0102. The van der Waals surface area contributed by atoms with Crippen LogP contribution in [0.4, 0.5) is 0 Å². The van der Waals surface area contributed by atoms with E-state index in [0.717, 1.165) is 51.5 Å². The van der Waals surface area contributed by atoms with E-state index < -0.39 is 0 Å². The number of hydrogen-bond acceptors (Lipinski definition) is 2. The van der Waals surface area contributed by atoms with Crippen LogP contribution in [0.15, 0.2) is 12.7 Å². The van der Waals surface area contributed by atoms with Crippen molar-refractivity contribution in [2.45, 2.75) is 83.5 Å². The second-order valence-electron chi connectivity index (χ2n) is 5.93. The van der Waals surface area contributed by atoms with Crippen LogP contribution in [0, 0.1) is 0 Å². The van der Waals surface area contributed by atoms with Gasteiger partial charge in [0.25, 0.3) is 0 Å². The maximum atomic E-state index is 11.6. The number of carbonyl (C=O) groups is 2. The quantitative estimate of drug-likeness (QED) is 0.336. The SMILES string of the molecule is C=CCCCCNC(=O)CCCCCCCCCCC(N)=O. The van der Waals surface area contributed by atoms with E-state index in [-0.39, 0.29) is 11.8 Å². The number of primary amides is 1. The molecule has 4 nitrogen and oxygen atoms in total. The Kier molecular flexibility index (Phi) is 15.1. The van der Waals surface area contributed by atoms with Crippen molar-refractivity contribution in [3.05, 3.63) is 12.7 Å². The number of nitrogens with two attached hydrogens (primary N) is 1. The van der Waals surface area contributed by atoms with Crippen LogP contribution in [0.25, 0.3) is 0 Å². The lowest BCUT2D eigenvalue weighted by Crippen LogP contribution is -2.23. The van der Waals surface area contributed by atoms with Gasteiger partial charge < -0.3 is 11.1 Å². The second-order valence-corrected chi connectivity index (χ2v) is 5.93. The normalized spacial score (nSPS) is 10.4. The molecule has 2 amide bonds. The van der Waals surface area contributed by atoms with Gasteiger partial charge in [0.1, 0.15) is 0 Å². The van der Waals surface area contributed by atoms with Gasteiger partial charge in [-0.05, 0) is 32.1 Å². The van der Waals surface area contributed by atoms with Crippen molar-refractivity contribution >= 4 is 11.8 Å². The van der Waals surface area contributed by atoms with Gasteiger partial charge in [0.2, 0.25) is 11.8 Å². The predicted octanol–water partition coefficient (Wildman–Crippen LogP) is 3.85. The van der Waals surface area contributed by atoms with Crippen molar-refractivity contribution in [3.8, 4) is 0 Å². The summed E-state index contributed by atoms with van der Waals surface area (Å²) in [7, 11) is 0. The number of nitrogens with one attached hydrogen (secondary N) is 1. The molecule has 3 N–H and O–H groups in total. The molecule has 0 fully saturated rings. The zero-order valence-corrected chi connectivity index (χ0v) is 14.1. The van der Waals surface area contributed by atoms with Crippen molar-refractivity contribution in [1.82, 2.24) is 5.32 Å². The molecular weight excluding hydrogens is 276 g/mol. The minimum atomic E-state index is -0.195. The molecule has 4 heteroatoms. The van der Waals surface area contributed by atoms with E-state index >= 15 is 0 Å². The fraction of sp³-hybridized carbons (Fsp3) is 0.778. The van der Waals surface area contributed by atoms with Crippen LogP contribution in [-0.4, -0.2) is 18.4 Å². The highest BCUT2D eigenvalue weighted by Crippen LogP contribution is 2.10. The highest BCUT2D eigenvalue weighted by Gasteiger charge is 2.00. The van der Waals surface area contributed by atoms with E-state index in [4.69, 9.17) is 5.73 Å². The van der Waals surface area contributed by atoms with Crippen molar-refractivity contribution in [2.24, 2.45) is 5.73 Å². The Labute approximate surface area is 135 Å². The molecule has 0 atom stereocenters. The minimum absolute atomic E-state index is 0.185. The van der Waals surface area contributed by atoms with Crippen LogP contribution in [-0.2, 0) is 9.59 Å². The van der Waals surface area contributed by atoms with Gasteiger partial charge in [-0.1, -0.05) is 44.6 Å². The molecule has 0 aliphatic carbocycles.